The molecule has 1 rings (SSSR count). The quantitative estimate of drug-likeness (QED) is 0.792. The molecule has 0 aliphatic heterocycles. The fraction of sp³-hybridized carbons (Fsp3) is 0.889. The van der Waals surface area contributed by atoms with Gasteiger partial charge in [-0.3, -0.25) is 4.79 Å². The van der Waals surface area contributed by atoms with Crippen LogP contribution in [-0.2, 0) is 4.79 Å². The molecule has 3 radical (unpaired) electrons. The van der Waals surface area contributed by atoms with Gasteiger partial charge in [-0.2, -0.15) is 0 Å². The molecule has 0 unspecified atom stereocenters. The standard InChI is InChI=1S/C9H16O2.In/c10-9(11)8-6-4-2-1-3-5-7-8;/h8H,1-7H2,(H,10,11);. The molecule has 67 valence electrons. The van der Waals surface area contributed by atoms with Crippen LogP contribution in [0.1, 0.15) is 44.9 Å². The molecule has 0 atom stereocenters. The largest absolute Gasteiger partial charge is 0.481 e. The second-order valence-electron chi connectivity index (χ2n) is 3.38. The fourth-order valence-electron chi connectivity index (χ4n) is 1.70. The first kappa shape index (κ1) is 12.3. The first-order chi connectivity index (χ1) is 5.30. The van der Waals surface area contributed by atoms with E-state index in [1.807, 2.05) is 0 Å². The maximum atomic E-state index is 10.6. The Hall–Kier alpha value is 0.340. The van der Waals surface area contributed by atoms with Gasteiger partial charge in [-0.1, -0.05) is 32.1 Å². The topological polar surface area (TPSA) is 37.3 Å². The molecule has 0 bridgehead atoms. The van der Waals surface area contributed by atoms with Gasteiger partial charge in [0.1, 0.15) is 0 Å². The van der Waals surface area contributed by atoms with Crippen LogP contribution in [0.15, 0.2) is 0 Å². The van der Waals surface area contributed by atoms with Crippen LogP contribution in [0.5, 0.6) is 0 Å². The summed E-state index contributed by atoms with van der Waals surface area (Å²) in [4.78, 5) is 10.6. The zero-order valence-corrected chi connectivity index (χ0v) is 10.8. The van der Waals surface area contributed by atoms with Crippen LogP contribution < -0.4 is 0 Å². The molecule has 0 spiro atoms. The molecule has 1 fully saturated rings. The van der Waals surface area contributed by atoms with Gasteiger partial charge in [0.15, 0.2) is 0 Å². The van der Waals surface area contributed by atoms with E-state index >= 15 is 0 Å². The molecule has 2 nitrogen and oxygen atoms in total. The summed E-state index contributed by atoms with van der Waals surface area (Å²) in [6.07, 6.45) is 7.76. The smallest absolute Gasteiger partial charge is 0.306 e. The summed E-state index contributed by atoms with van der Waals surface area (Å²) in [5.74, 6) is -0.637. The summed E-state index contributed by atoms with van der Waals surface area (Å²) in [6.45, 7) is 0. The Kier molecular flexibility index (Phi) is 7.01. The molecule has 1 aliphatic rings. The SMILES string of the molecule is O=C(O)C1CCCCCCC1.[In]. The Morgan fingerprint density at radius 3 is 1.83 bits per heavy atom. The van der Waals surface area contributed by atoms with Gasteiger partial charge in [-0.25, -0.2) is 0 Å². The van der Waals surface area contributed by atoms with Crippen molar-refractivity contribution in [2.75, 3.05) is 0 Å². The molecule has 1 aliphatic carbocycles. The Bertz CT molecular complexity index is 128. The molecular formula is C9H16InO2. The van der Waals surface area contributed by atoms with E-state index in [9.17, 15) is 4.79 Å². The van der Waals surface area contributed by atoms with Crippen molar-refractivity contribution in [2.45, 2.75) is 44.9 Å². The van der Waals surface area contributed by atoms with Gasteiger partial charge in [0, 0.05) is 25.8 Å². The van der Waals surface area contributed by atoms with Gasteiger partial charge < -0.3 is 5.11 Å². The number of carbonyl (C=O) groups is 1. The van der Waals surface area contributed by atoms with Crippen molar-refractivity contribution < 1.29 is 9.90 Å². The van der Waals surface area contributed by atoms with Crippen molar-refractivity contribution in [1.82, 2.24) is 0 Å². The normalized spacial score (nSPS) is 20.3. The van der Waals surface area contributed by atoms with Crippen LogP contribution >= 0.6 is 0 Å². The average molecular weight is 271 g/mol. The molecule has 3 heteroatoms. The summed E-state index contributed by atoms with van der Waals surface area (Å²) in [7, 11) is 0. The third-order valence-electron chi connectivity index (χ3n) is 2.45. The van der Waals surface area contributed by atoms with Crippen LogP contribution in [0.25, 0.3) is 0 Å². The Morgan fingerprint density at radius 2 is 1.42 bits per heavy atom. The second-order valence-corrected chi connectivity index (χ2v) is 3.38. The van der Waals surface area contributed by atoms with E-state index in [1.54, 1.807) is 0 Å². The fourth-order valence-corrected chi connectivity index (χ4v) is 1.70. The molecule has 0 aromatic rings. The van der Waals surface area contributed by atoms with Gasteiger partial charge in [0.25, 0.3) is 0 Å². The van der Waals surface area contributed by atoms with Gasteiger partial charge in [-0.05, 0) is 12.8 Å². The Morgan fingerprint density at radius 1 is 1.00 bits per heavy atom. The summed E-state index contributed by atoms with van der Waals surface area (Å²) in [5, 5.41) is 8.76. The number of hydrogen-bond donors (Lipinski definition) is 1. The van der Waals surface area contributed by atoms with E-state index in [0.29, 0.717) is 0 Å². The van der Waals surface area contributed by atoms with Crippen molar-refractivity contribution in [2.24, 2.45) is 5.92 Å². The Balaban J connectivity index is 0.00000121. The third kappa shape index (κ3) is 4.39. The summed E-state index contributed by atoms with van der Waals surface area (Å²) in [5.41, 5.74) is 0. The number of aliphatic carboxylic acids is 1. The van der Waals surface area contributed by atoms with Gasteiger partial charge >= 0.3 is 5.97 Å². The number of hydrogen-bond acceptors (Lipinski definition) is 1. The van der Waals surface area contributed by atoms with Crippen molar-refractivity contribution in [3.05, 3.63) is 0 Å². The molecule has 1 N–H and O–H groups in total. The van der Waals surface area contributed by atoms with Crippen LogP contribution in [0.3, 0.4) is 0 Å². The van der Waals surface area contributed by atoms with Crippen LogP contribution in [-0.4, -0.2) is 36.9 Å². The molecule has 1 saturated carbocycles. The second kappa shape index (κ2) is 6.81. The summed E-state index contributed by atoms with van der Waals surface area (Å²) in [6, 6.07) is 0. The minimum absolute atomic E-state index is 0. The van der Waals surface area contributed by atoms with Gasteiger partial charge in [-0.15, -0.1) is 0 Å². The van der Waals surface area contributed by atoms with Crippen molar-refractivity contribution >= 4 is 31.8 Å². The van der Waals surface area contributed by atoms with E-state index in [0.717, 1.165) is 25.7 Å². The molecule has 12 heavy (non-hydrogen) atoms. The van der Waals surface area contributed by atoms with Gasteiger partial charge in [0.05, 0.1) is 5.92 Å². The zero-order chi connectivity index (χ0) is 8.10. The van der Waals surface area contributed by atoms with Crippen LogP contribution in [0.4, 0.5) is 0 Å². The van der Waals surface area contributed by atoms with E-state index in [-0.39, 0.29) is 31.8 Å². The maximum absolute atomic E-state index is 10.6. The number of carboxylic acid groups (broad SMARTS) is 1. The predicted molar refractivity (Wildman–Crippen MR) is 49.2 cm³/mol. The molecule has 0 aromatic heterocycles. The van der Waals surface area contributed by atoms with E-state index in [2.05, 4.69) is 0 Å². The molecule has 0 aromatic carbocycles. The summed E-state index contributed by atoms with van der Waals surface area (Å²) < 4.78 is 0. The van der Waals surface area contributed by atoms with E-state index in [1.165, 1.54) is 19.3 Å². The molecule has 0 heterocycles. The third-order valence-corrected chi connectivity index (χ3v) is 2.45. The molecular weight excluding hydrogens is 255 g/mol. The van der Waals surface area contributed by atoms with Crippen molar-refractivity contribution in [3.63, 3.8) is 0 Å². The molecule has 0 saturated heterocycles. The van der Waals surface area contributed by atoms with E-state index < -0.39 is 5.97 Å². The van der Waals surface area contributed by atoms with Crippen molar-refractivity contribution in [1.29, 1.82) is 0 Å². The molecule has 0 amide bonds. The first-order valence-electron chi connectivity index (χ1n) is 4.53. The van der Waals surface area contributed by atoms with Gasteiger partial charge in [0.2, 0.25) is 0 Å². The maximum Gasteiger partial charge on any atom is 0.306 e. The minimum Gasteiger partial charge on any atom is -0.481 e. The predicted octanol–water partition coefficient (Wildman–Crippen LogP) is 2.05. The zero-order valence-electron chi connectivity index (χ0n) is 7.46. The van der Waals surface area contributed by atoms with Crippen molar-refractivity contribution in [3.8, 4) is 0 Å². The van der Waals surface area contributed by atoms with Crippen LogP contribution in [0.2, 0.25) is 0 Å². The van der Waals surface area contributed by atoms with Crippen LogP contribution in [0, 0.1) is 5.92 Å². The monoisotopic (exact) mass is 271 g/mol. The number of rotatable bonds is 1. The van der Waals surface area contributed by atoms with E-state index in [4.69, 9.17) is 5.11 Å². The average Bonchev–Trinajstić information content (AvgIpc) is 1.84. The first-order valence-corrected chi connectivity index (χ1v) is 4.53. The minimum atomic E-state index is -0.591. The summed E-state index contributed by atoms with van der Waals surface area (Å²) >= 11 is 0. The Labute approximate surface area is 92.5 Å². The number of carboxylic acids is 1.